The number of halogens is 1. The zero-order valence-corrected chi connectivity index (χ0v) is 13.9. The summed E-state index contributed by atoms with van der Waals surface area (Å²) >= 11 is 0. The number of hydrogen-bond donors (Lipinski definition) is 2. The number of nitrogens with one attached hydrogen (secondary N) is 2. The van der Waals surface area contributed by atoms with Gasteiger partial charge in [0.15, 0.2) is 11.5 Å². The van der Waals surface area contributed by atoms with Crippen molar-refractivity contribution in [3.63, 3.8) is 0 Å². The molecule has 0 aliphatic carbocycles. The van der Waals surface area contributed by atoms with E-state index < -0.39 is 11.7 Å². The number of carbonyl (C=O) groups is 2. The number of rotatable bonds is 3. The van der Waals surface area contributed by atoms with E-state index in [1.165, 1.54) is 12.1 Å². The van der Waals surface area contributed by atoms with E-state index in [4.69, 9.17) is 9.47 Å². The third-order valence-electron chi connectivity index (χ3n) is 4.44. The molecule has 2 aromatic rings. The van der Waals surface area contributed by atoms with Crippen LogP contribution in [0.4, 0.5) is 10.1 Å². The first-order chi connectivity index (χ1) is 12.6. The molecule has 0 saturated carbocycles. The third kappa shape index (κ3) is 3.20. The molecule has 2 aliphatic rings. The molecule has 4 rings (SSSR count). The van der Waals surface area contributed by atoms with Gasteiger partial charge in [0.2, 0.25) is 11.8 Å². The van der Waals surface area contributed by atoms with Crippen molar-refractivity contribution in [2.24, 2.45) is 0 Å². The first-order valence-electron chi connectivity index (χ1n) is 8.36. The lowest BCUT2D eigenvalue weighted by Gasteiger charge is -2.25. The molecule has 6 nitrogen and oxygen atoms in total. The monoisotopic (exact) mass is 356 g/mol. The molecule has 0 fully saturated rings. The summed E-state index contributed by atoms with van der Waals surface area (Å²) in [6.45, 7) is 1.31. The molecule has 1 atom stereocenters. The predicted molar refractivity (Wildman–Crippen MR) is 91.7 cm³/mol. The summed E-state index contributed by atoms with van der Waals surface area (Å²) in [5.41, 5.74) is 1.83. The van der Waals surface area contributed by atoms with Crippen LogP contribution in [0.3, 0.4) is 0 Å². The second-order valence-electron chi connectivity index (χ2n) is 6.23. The van der Waals surface area contributed by atoms with Gasteiger partial charge >= 0.3 is 0 Å². The second kappa shape index (κ2) is 6.67. The van der Waals surface area contributed by atoms with Gasteiger partial charge < -0.3 is 20.1 Å². The molecule has 2 aliphatic heterocycles. The number of hydrogen-bond acceptors (Lipinski definition) is 4. The van der Waals surface area contributed by atoms with Gasteiger partial charge in [0.25, 0.3) is 0 Å². The minimum atomic E-state index is -0.642. The van der Waals surface area contributed by atoms with E-state index in [0.717, 1.165) is 5.56 Å². The molecular weight excluding hydrogens is 339 g/mol. The van der Waals surface area contributed by atoms with E-state index in [9.17, 15) is 14.0 Å². The molecule has 2 N–H and O–H groups in total. The average molecular weight is 356 g/mol. The zero-order chi connectivity index (χ0) is 18.1. The van der Waals surface area contributed by atoms with E-state index in [1.54, 1.807) is 6.07 Å². The maximum Gasteiger partial charge on any atom is 0.228 e. The average Bonchev–Trinajstić information content (AvgIpc) is 2.65. The number of amides is 2. The van der Waals surface area contributed by atoms with Gasteiger partial charge in [-0.25, -0.2) is 4.39 Å². The summed E-state index contributed by atoms with van der Waals surface area (Å²) in [6, 6.07) is 9.54. The normalized spacial score (nSPS) is 17.9. The van der Waals surface area contributed by atoms with E-state index in [2.05, 4.69) is 10.6 Å². The summed E-state index contributed by atoms with van der Waals surface area (Å²) in [7, 11) is 0. The van der Waals surface area contributed by atoms with Crippen LogP contribution in [0.2, 0.25) is 0 Å². The van der Waals surface area contributed by atoms with Crippen LogP contribution >= 0.6 is 0 Å². The third-order valence-corrected chi connectivity index (χ3v) is 4.44. The zero-order valence-electron chi connectivity index (χ0n) is 13.9. The van der Waals surface area contributed by atoms with Crippen molar-refractivity contribution in [3.05, 3.63) is 53.3 Å². The van der Waals surface area contributed by atoms with Gasteiger partial charge in [0.05, 0.1) is 5.92 Å². The molecule has 0 unspecified atom stereocenters. The lowest BCUT2D eigenvalue weighted by atomic mass is 9.89. The lowest BCUT2D eigenvalue weighted by molar-refractivity contribution is -0.126. The SMILES string of the molecule is O=C1C[C@H](C(=O)NCc2ccc3c(c2)OCCO3)c2ccc(F)cc2N1. The molecule has 2 heterocycles. The van der Waals surface area contributed by atoms with Gasteiger partial charge in [-0.2, -0.15) is 0 Å². The second-order valence-corrected chi connectivity index (χ2v) is 6.23. The van der Waals surface area contributed by atoms with Crippen molar-refractivity contribution in [1.29, 1.82) is 0 Å². The molecule has 134 valence electrons. The Bertz CT molecular complexity index is 884. The maximum atomic E-state index is 13.4. The van der Waals surface area contributed by atoms with Crippen LogP contribution in [-0.2, 0) is 16.1 Å². The Kier molecular flexibility index (Phi) is 4.20. The van der Waals surface area contributed by atoms with E-state index >= 15 is 0 Å². The Balaban J connectivity index is 1.48. The minimum Gasteiger partial charge on any atom is -0.486 e. The summed E-state index contributed by atoms with van der Waals surface area (Å²) in [5, 5.41) is 5.45. The Morgan fingerprint density at radius 1 is 1.15 bits per heavy atom. The molecule has 0 radical (unpaired) electrons. The molecule has 2 aromatic carbocycles. The van der Waals surface area contributed by atoms with Gasteiger partial charge in [-0.05, 0) is 35.4 Å². The molecule has 26 heavy (non-hydrogen) atoms. The van der Waals surface area contributed by atoms with Crippen LogP contribution in [0.5, 0.6) is 11.5 Å². The highest BCUT2D eigenvalue weighted by Gasteiger charge is 2.30. The Hall–Kier alpha value is -3.09. The highest BCUT2D eigenvalue weighted by Crippen LogP contribution is 2.33. The van der Waals surface area contributed by atoms with Crippen molar-refractivity contribution >= 4 is 17.5 Å². The number of anilines is 1. The number of carbonyl (C=O) groups excluding carboxylic acids is 2. The first-order valence-corrected chi connectivity index (χ1v) is 8.36. The highest BCUT2D eigenvalue weighted by atomic mass is 19.1. The van der Waals surface area contributed by atoms with Gasteiger partial charge in [0.1, 0.15) is 19.0 Å². The standard InChI is InChI=1S/C19H17FN2O4/c20-12-2-3-13-14(9-18(23)22-15(13)8-12)19(24)21-10-11-1-4-16-17(7-11)26-6-5-25-16/h1-4,7-8,14H,5-6,9-10H2,(H,21,24)(H,22,23)/t14-/m0/s1. The quantitative estimate of drug-likeness (QED) is 0.885. The van der Waals surface area contributed by atoms with Gasteiger partial charge in [-0.1, -0.05) is 12.1 Å². The number of fused-ring (bicyclic) bond motifs is 2. The van der Waals surface area contributed by atoms with Crippen molar-refractivity contribution in [2.75, 3.05) is 18.5 Å². The minimum absolute atomic E-state index is 0.0333. The highest BCUT2D eigenvalue weighted by molar-refractivity contribution is 6.01. The lowest BCUT2D eigenvalue weighted by Crippen LogP contribution is -2.34. The molecule has 0 spiro atoms. The summed E-state index contributed by atoms with van der Waals surface area (Å²) in [6.07, 6.45) is 0.0333. The van der Waals surface area contributed by atoms with Crippen LogP contribution in [0.1, 0.15) is 23.5 Å². The van der Waals surface area contributed by atoms with E-state index in [0.29, 0.717) is 42.5 Å². The largest absolute Gasteiger partial charge is 0.486 e. The van der Waals surface area contributed by atoms with E-state index in [1.807, 2.05) is 18.2 Å². The molecule has 2 amide bonds. The number of ether oxygens (including phenoxy) is 2. The molecule has 0 saturated heterocycles. The topological polar surface area (TPSA) is 76.7 Å². The van der Waals surface area contributed by atoms with Crippen LogP contribution in [0.25, 0.3) is 0 Å². The fourth-order valence-corrected chi connectivity index (χ4v) is 3.18. The summed E-state index contributed by atoms with van der Waals surface area (Å²) in [4.78, 5) is 24.5. The van der Waals surface area contributed by atoms with E-state index in [-0.39, 0.29) is 18.2 Å². The van der Waals surface area contributed by atoms with Crippen molar-refractivity contribution in [1.82, 2.24) is 5.32 Å². The van der Waals surface area contributed by atoms with Crippen LogP contribution < -0.4 is 20.1 Å². The molecular formula is C19H17FN2O4. The molecule has 0 bridgehead atoms. The number of benzene rings is 2. The van der Waals surface area contributed by atoms with Crippen molar-refractivity contribution < 1.29 is 23.5 Å². The fourth-order valence-electron chi connectivity index (χ4n) is 3.18. The fraction of sp³-hybridized carbons (Fsp3) is 0.263. The first kappa shape index (κ1) is 16.4. The summed E-state index contributed by atoms with van der Waals surface area (Å²) in [5.74, 6) is -0.338. The Labute approximate surface area is 149 Å². The smallest absolute Gasteiger partial charge is 0.228 e. The van der Waals surface area contributed by atoms with Crippen LogP contribution in [0.15, 0.2) is 36.4 Å². The molecule has 7 heteroatoms. The van der Waals surface area contributed by atoms with Gasteiger partial charge in [-0.15, -0.1) is 0 Å². The Morgan fingerprint density at radius 3 is 2.81 bits per heavy atom. The van der Waals surface area contributed by atoms with Crippen molar-refractivity contribution in [3.8, 4) is 11.5 Å². The summed E-state index contributed by atoms with van der Waals surface area (Å²) < 4.78 is 24.4. The van der Waals surface area contributed by atoms with Crippen molar-refractivity contribution in [2.45, 2.75) is 18.9 Å². The van der Waals surface area contributed by atoms with Crippen LogP contribution in [0, 0.1) is 5.82 Å². The maximum absolute atomic E-state index is 13.4. The van der Waals surface area contributed by atoms with Gasteiger partial charge in [0, 0.05) is 18.7 Å². The van der Waals surface area contributed by atoms with Crippen LogP contribution in [-0.4, -0.2) is 25.0 Å². The van der Waals surface area contributed by atoms with Gasteiger partial charge in [-0.3, -0.25) is 9.59 Å². The molecule has 0 aromatic heterocycles. The Morgan fingerprint density at radius 2 is 1.96 bits per heavy atom. The predicted octanol–water partition coefficient (Wildman–Crippen LogP) is 2.34.